The Kier molecular flexibility index (Phi) is 4.16. The van der Waals surface area contributed by atoms with Crippen molar-refractivity contribution in [2.75, 3.05) is 18.0 Å². The van der Waals surface area contributed by atoms with Gasteiger partial charge in [-0.25, -0.2) is 16.8 Å². The molecule has 1 aliphatic rings. The van der Waals surface area contributed by atoms with E-state index in [1.165, 1.54) is 22.2 Å². The molecule has 0 saturated carbocycles. The van der Waals surface area contributed by atoms with Gasteiger partial charge in [0.15, 0.2) is 0 Å². The number of fused-ring (bicyclic) bond motifs is 1. The Hall–Kier alpha value is -2.45. The normalized spacial score (nSPS) is 18.4. The molecule has 1 fully saturated rings. The summed E-state index contributed by atoms with van der Waals surface area (Å²) in [6.45, 7) is 1.44. The average molecular weight is 374 g/mol. The Morgan fingerprint density at radius 2 is 2.08 bits per heavy atom. The Morgan fingerprint density at radius 3 is 2.85 bits per heavy atom. The molecule has 1 atom stereocenters. The van der Waals surface area contributed by atoms with Crippen LogP contribution in [-0.2, 0) is 10.0 Å². The van der Waals surface area contributed by atoms with Gasteiger partial charge >= 0.3 is 0 Å². The van der Waals surface area contributed by atoms with Crippen molar-refractivity contribution in [3.63, 3.8) is 0 Å². The fourth-order valence-electron chi connectivity index (χ4n) is 3.41. The monoisotopic (exact) mass is 374 g/mol. The van der Waals surface area contributed by atoms with E-state index in [-0.39, 0.29) is 10.9 Å². The van der Waals surface area contributed by atoms with Gasteiger partial charge in [0.2, 0.25) is 0 Å². The summed E-state index contributed by atoms with van der Waals surface area (Å²) in [5.41, 5.74) is 7.87. The number of piperidine rings is 1. The third-order valence-electron chi connectivity index (χ3n) is 4.66. The third-order valence-corrected chi connectivity index (χ3v) is 6.33. The van der Waals surface area contributed by atoms with E-state index in [2.05, 4.69) is 9.88 Å². The molecular weight excluding hydrogens is 355 g/mol. The van der Waals surface area contributed by atoms with Crippen molar-refractivity contribution in [3.05, 3.63) is 54.6 Å². The summed E-state index contributed by atoms with van der Waals surface area (Å²) in [6.07, 6.45) is 5.09. The summed E-state index contributed by atoms with van der Waals surface area (Å²) in [4.78, 5) is 6.36. The summed E-state index contributed by atoms with van der Waals surface area (Å²) in [5.74, 6) is -0.595. The Labute approximate surface area is 151 Å². The van der Waals surface area contributed by atoms with E-state index in [0.29, 0.717) is 17.6 Å². The summed E-state index contributed by atoms with van der Waals surface area (Å²) in [7, 11) is -3.94. The molecule has 0 spiro atoms. The van der Waals surface area contributed by atoms with Crippen LogP contribution >= 0.6 is 0 Å². The number of hydrogen-bond acceptors (Lipinski definition) is 5. The predicted molar refractivity (Wildman–Crippen MR) is 98.1 cm³/mol. The van der Waals surface area contributed by atoms with Gasteiger partial charge in [0.1, 0.15) is 11.3 Å². The maximum absolute atomic E-state index is 13.6. The lowest BCUT2D eigenvalue weighted by molar-refractivity contribution is 0.506. The second kappa shape index (κ2) is 6.37. The van der Waals surface area contributed by atoms with Gasteiger partial charge < -0.3 is 10.6 Å². The molecule has 1 aliphatic heterocycles. The van der Waals surface area contributed by atoms with Gasteiger partial charge in [0.25, 0.3) is 10.0 Å². The highest BCUT2D eigenvalue weighted by Crippen LogP contribution is 2.32. The van der Waals surface area contributed by atoms with Crippen molar-refractivity contribution in [2.45, 2.75) is 23.8 Å². The first kappa shape index (κ1) is 17.0. The number of anilines is 1. The number of nitrogens with two attached hydrogens (primary N) is 1. The number of pyridine rings is 1. The number of benzene rings is 1. The van der Waals surface area contributed by atoms with Gasteiger partial charge in [-0.15, -0.1) is 0 Å². The SMILES string of the molecule is NC1CCCN(c2cn(S(=O)(=O)c3cccc(F)c3)c3cccnc23)C1. The van der Waals surface area contributed by atoms with Crippen LogP contribution in [0.4, 0.5) is 10.1 Å². The summed E-state index contributed by atoms with van der Waals surface area (Å²) < 4.78 is 40.9. The van der Waals surface area contributed by atoms with Crippen LogP contribution < -0.4 is 10.6 Å². The van der Waals surface area contributed by atoms with Gasteiger partial charge in [-0.3, -0.25) is 4.98 Å². The van der Waals surface area contributed by atoms with Crippen LogP contribution in [0.5, 0.6) is 0 Å². The Balaban J connectivity index is 1.88. The molecule has 0 bridgehead atoms. The molecule has 0 radical (unpaired) electrons. The standard InChI is InChI=1S/C18H19FN4O2S/c19-13-4-1-6-15(10-13)26(24,25)23-12-17(18-16(23)7-2-8-21-18)22-9-3-5-14(20)11-22/h1-2,4,6-8,10,12,14H,3,5,9,11,20H2. The van der Waals surface area contributed by atoms with Crippen LogP contribution in [-0.4, -0.2) is 36.5 Å². The third kappa shape index (κ3) is 2.85. The minimum atomic E-state index is -3.94. The fraction of sp³-hybridized carbons (Fsp3) is 0.278. The maximum atomic E-state index is 13.6. The molecular formula is C18H19FN4O2S. The molecule has 1 aromatic carbocycles. The molecule has 2 aromatic heterocycles. The molecule has 3 heterocycles. The minimum Gasteiger partial charge on any atom is -0.367 e. The number of rotatable bonds is 3. The second-order valence-electron chi connectivity index (χ2n) is 6.49. The minimum absolute atomic E-state index is 0.0469. The first-order valence-electron chi connectivity index (χ1n) is 8.44. The van der Waals surface area contributed by atoms with Crippen LogP contribution in [0.15, 0.2) is 53.7 Å². The van der Waals surface area contributed by atoms with Gasteiger partial charge in [-0.05, 0) is 43.2 Å². The van der Waals surface area contributed by atoms with Crippen LogP contribution in [0.25, 0.3) is 11.0 Å². The topological polar surface area (TPSA) is 81.2 Å². The van der Waals surface area contributed by atoms with E-state index >= 15 is 0 Å². The Bertz CT molecular complexity index is 1060. The van der Waals surface area contributed by atoms with Crippen LogP contribution in [0.2, 0.25) is 0 Å². The van der Waals surface area contributed by atoms with Crippen LogP contribution in [0.3, 0.4) is 0 Å². The van der Waals surface area contributed by atoms with E-state index in [9.17, 15) is 12.8 Å². The van der Waals surface area contributed by atoms with E-state index in [0.717, 1.165) is 31.1 Å². The molecule has 3 aromatic rings. The van der Waals surface area contributed by atoms with E-state index in [1.807, 2.05) is 0 Å². The molecule has 1 unspecified atom stereocenters. The summed E-state index contributed by atoms with van der Waals surface area (Å²) in [5, 5.41) is 0. The van der Waals surface area contributed by atoms with E-state index in [4.69, 9.17) is 5.73 Å². The molecule has 26 heavy (non-hydrogen) atoms. The molecule has 1 saturated heterocycles. The first-order valence-corrected chi connectivity index (χ1v) is 9.88. The molecule has 4 rings (SSSR count). The fourth-order valence-corrected chi connectivity index (χ4v) is 4.80. The van der Waals surface area contributed by atoms with E-state index in [1.54, 1.807) is 24.5 Å². The molecule has 0 aliphatic carbocycles. The van der Waals surface area contributed by atoms with Crippen molar-refractivity contribution in [1.29, 1.82) is 0 Å². The number of nitrogens with zero attached hydrogens (tertiary/aromatic N) is 3. The van der Waals surface area contributed by atoms with Gasteiger partial charge in [-0.1, -0.05) is 6.07 Å². The largest absolute Gasteiger partial charge is 0.367 e. The van der Waals surface area contributed by atoms with Gasteiger partial charge in [0, 0.05) is 31.5 Å². The summed E-state index contributed by atoms with van der Waals surface area (Å²) in [6, 6.07) is 8.44. The van der Waals surface area contributed by atoms with Crippen molar-refractivity contribution in [2.24, 2.45) is 5.73 Å². The zero-order valence-corrected chi connectivity index (χ0v) is 14.9. The van der Waals surface area contributed by atoms with Crippen molar-refractivity contribution in [3.8, 4) is 0 Å². The molecule has 8 heteroatoms. The lowest BCUT2D eigenvalue weighted by Gasteiger charge is -2.31. The lowest BCUT2D eigenvalue weighted by atomic mass is 10.1. The van der Waals surface area contributed by atoms with Crippen molar-refractivity contribution < 1.29 is 12.8 Å². The second-order valence-corrected chi connectivity index (χ2v) is 8.31. The maximum Gasteiger partial charge on any atom is 0.268 e. The quantitative estimate of drug-likeness (QED) is 0.761. The van der Waals surface area contributed by atoms with E-state index < -0.39 is 15.8 Å². The predicted octanol–water partition coefficient (Wildman–Crippen LogP) is 2.34. The van der Waals surface area contributed by atoms with Gasteiger partial charge in [-0.2, -0.15) is 0 Å². The first-order chi connectivity index (χ1) is 12.5. The highest BCUT2D eigenvalue weighted by Gasteiger charge is 2.26. The smallest absolute Gasteiger partial charge is 0.268 e. The van der Waals surface area contributed by atoms with Crippen molar-refractivity contribution in [1.82, 2.24) is 8.96 Å². The zero-order chi connectivity index (χ0) is 18.3. The number of aromatic nitrogens is 2. The Morgan fingerprint density at radius 1 is 1.23 bits per heavy atom. The average Bonchev–Trinajstić information content (AvgIpc) is 3.02. The van der Waals surface area contributed by atoms with Crippen molar-refractivity contribution >= 4 is 26.7 Å². The molecule has 2 N–H and O–H groups in total. The van der Waals surface area contributed by atoms with Crippen LogP contribution in [0.1, 0.15) is 12.8 Å². The lowest BCUT2D eigenvalue weighted by Crippen LogP contribution is -2.42. The number of hydrogen-bond donors (Lipinski definition) is 1. The molecule has 0 amide bonds. The highest BCUT2D eigenvalue weighted by molar-refractivity contribution is 7.90. The van der Waals surface area contributed by atoms with Gasteiger partial charge in [0.05, 0.1) is 16.1 Å². The van der Waals surface area contributed by atoms with Crippen LogP contribution in [0, 0.1) is 5.82 Å². The zero-order valence-electron chi connectivity index (χ0n) is 14.0. The summed E-state index contributed by atoms with van der Waals surface area (Å²) >= 11 is 0. The number of halogens is 1. The highest BCUT2D eigenvalue weighted by atomic mass is 32.2. The molecule has 136 valence electrons. The molecule has 6 nitrogen and oxygen atoms in total.